The van der Waals surface area contributed by atoms with Crippen molar-refractivity contribution in [2.24, 2.45) is 10.9 Å². The van der Waals surface area contributed by atoms with E-state index >= 15 is 0 Å². The number of hydrogen-bond donors (Lipinski definition) is 2. The van der Waals surface area contributed by atoms with Crippen LogP contribution in [0.25, 0.3) is 0 Å². The molecule has 1 aliphatic heterocycles. The van der Waals surface area contributed by atoms with Crippen LogP contribution in [0.2, 0.25) is 0 Å². The second kappa shape index (κ2) is 9.65. The summed E-state index contributed by atoms with van der Waals surface area (Å²) in [6, 6.07) is 16.6. The van der Waals surface area contributed by atoms with Crippen LogP contribution in [-0.2, 0) is 6.54 Å². The van der Waals surface area contributed by atoms with Crippen LogP contribution in [0.4, 0.5) is 5.69 Å². The minimum Gasteiger partial charge on any atom is -0.496 e. The summed E-state index contributed by atoms with van der Waals surface area (Å²) < 4.78 is 6.52. The van der Waals surface area contributed by atoms with E-state index in [1.54, 1.807) is 14.2 Å². The highest BCUT2D eigenvalue weighted by Crippen LogP contribution is 2.25. The Morgan fingerprint density at radius 2 is 1.96 bits per heavy atom. The number of halogens is 1. The summed E-state index contributed by atoms with van der Waals surface area (Å²) in [6.07, 6.45) is 1.19. The van der Waals surface area contributed by atoms with E-state index in [2.05, 4.69) is 66.8 Å². The van der Waals surface area contributed by atoms with Gasteiger partial charge in [0.1, 0.15) is 5.75 Å². The van der Waals surface area contributed by atoms with Gasteiger partial charge < -0.3 is 20.3 Å². The molecule has 0 bridgehead atoms. The van der Waals surface area contributed by atoms with E-state index in [9.17, 15) is 0 Å². The van der Waals surface area contributed by atoms with Gasteiger partial charge in [0.05, 0.1) is 7.11 Å². The van der Waals surface area contributed by atoms with Crippen LogP contribution >= 0.6 is 15.9 Å². The molecule has 0 saturated carbocycles. The number of methoxy groups -OCH3 is 1. The van der Waals surface area contributed by atoms with Gasteiger partial charge in [-0.3, -0.25) is 4.99 Å². The molecule has 0 aliphatic carbocycles. The van der Waals surface area contributed by atoms with Crippen molar-refractivity contribution in [1.29, 1.82) is 0 Å². The number of para-hydroxylation sites is 1. The first-order valence-electron chi connectivity index (χ1n) is 9.26. The molecule has 2 aromatic carbocycles. The smallest absolute Gasteiger partial charge is 0.191 e. The molecule has 0 spiro atoms. The fourth-order valence-electron chi connectivity index (χ4n) is 3.38. The maximum absolute atomic E-state index is 5.40. The summed E-state index contributed by atoms with van der Waals surface area (Å²) in [5.41, 5.74) is 2.41. The van der Waals surface area contributed by atoms with Crippen molar-refractivity contribution in [3.8, 4) is 5.75 Å². The number of nitrogens with zero attached hydrogens (tertiary/aromatic N) is 2. The molecule has 0 radical (unpaired) electrons. The Morgan fingerprint density at radius 1 is 1.19 bits per heavy atom. The van der Waals surface area contributed by atoms with Crippen LogP contribution in [0.15, 0.2) is 58.0 Å². The van der Waals surface area contributed by atoms with Gasteiger partial charge in [0, 0.05) is 49.0 Å². The lowest BCUT2D eigenvalue weighted by Gasteiger charge is -2.19. The highest BCUT2D eigenvalue weighted by Gasteiger charge is 2.22. The van der Waals surface area contributed by atoms with Crippen molar-refractivity contribution in [3.63, 3.8) is 0 Å². The lowest BCUT2D eigenvalue weighted by Crippen LogP contribution is -2.40. The van der Waals surface area contributed by atoms with Gasteiger partial charge in [-0.05, 0) is 42.7 Å². The Morgan fingerprint density at radius 3 is 2.70 bits per heavy atom. The summed E-state index contributed by atoms with van der Waals surface area (Å²) in [5, 5.41) is 6.84. The van der Waals surface area contributed by atoms with Gasteiger partial charge in [0.15, 0.2) is 5.96 Å². The Kier molecular flexibility index (Phi) is 6.98. The third-order valence-electron chi connectivity index (χ3n) is 4.90. The van der Waals surface area contributed by atoms with Crippen molar-refractivity contribution < 1.29 is 4.74 Å². The second-order valence-corrected chi connectivity index (χ2v) is 7.61. The lowest BCUT2D eigenvalue weighted by atomic mass is 10.1. The van der Waals surface area contributed by atoms with Gasteiger partial charge in [-0.2, -0.15) is 0 Å². The molecule has 1 saturated heterocycles. The van der Waals surface area contributed by atoms with E-state index in [1.807, 2.05) is 18.2 Å². The van der Waals surface area contributed by atoms with Crippen molar-refractivity contribution >= 4 is 27.6 Å². The van der Waals surface area contributed by atoms with E-state index in [4.69, 9.17) is 4.74 Å². The molecule has 0 aromatic heterocycles. The summed E-state index contributed by atoms with van der Waals surface area (Å²) in [4.78, 5) is 6.79. The first-order valence-corrected chi connectivity index (χ1v) is 10.1. The number of hydrogen-bond acceptors (Lipinski definition) is 3. The number of benzene rings is 2. The molecule has 144 valence electrons. The van der Waals surface area contributed by atoms with E-state index in [0.717, 1.165) is 41.4 Å². The van der Waals surface area contributed by atoms with Crippen molar-refractivity contribution in [2.45, 2.75) is 13.0 Å². The van der Waals surface area contributed by atoms with E-state index < -0.39 is 0 Å². The standard InChI is InChI=1S/C21H27BrN4O/c1-23-21(25-14-17-5-3-4-6-20(17)27-2)24-13-16-11-12-26(15-16)19-9-7-18(22)8-10-19/h3-10,16H,11-15H2,1-2H3,(H2,23,24,25). The number of rotatable bonds is 6. The molecule has 2 aromatic rings. The zero-order valence-corrected chi connectivity index (χ0v) is 17.5. The Bertz CT molecular complexity index is 763. The third-order valence-corrected chi connectivity index (χ3v) is 5.43. The first kappa shape index (κ1) is 19.5. The lowest BCUT2D eigenvalue weighted by molar-refractivity contribution is 0.409. The van der Waals surface area contributed by atoms with Crippen LogP contribution in [0, 0.1) is 5.92 Å². The van der Waals surface area contributed by atoms with Crippen LogP contribution in [0.1, 0.15) is 12.0 Å². The monoisotopic (exact) mass is 430 g/mol. The summed E-state index contributed by atoms with van der Waals surface area (Å²) in [6.45, 7) is 3.76. The fourth-order valence-corrected chi connectivity index (χ4v) is 3.64. The van der Waals surface area contributed by atoms with E-state index in [1.165, 1.54) is 12.1 Å². The molecule has 1 atom stereocenters. The molecule has 1 aliphatic rings. The quantitative estimate of drug-likeness (QED) is 0.542. The van der Waals surface area contributed by atoms with E-state index in [-0.39, 0.29) is 0 Å². The molecular formula is C21H27BrN4O. The number of anilines is 1. The maximum atomic E-state index is 5.40. The SMILES string of the molecule is CN=C(NCc1ccccc1OC)NCC1CCN(c2ccc(Br)cc2)C1. The Labute approximate surface area is 170 Å². The minimum absolute atomic E-state index is 0.610. The molecule has 3 rings (SSSR count). The first-order chi connectivity index (χ1) is 13.2. The molecule has 0 amide bonds. The van der Waals surface area contributed by atoms with Crippen molar-refractivity contribution in [1.82, 2.24) is 10.6 Å². The molecule has 1 heterocycles. The summed E-state index contributed by atoms with van der Waals surface area (Å²) in [5.74, 6) is 2.32. The van der Waals surface area contributed by atoms with Gasteiger partial charge >= 0.3 is 0 Å². The predicted molar refractivity (Wildman–Crippen MR) is 116 cm³/mol. The molecule has 2 N–H and O–H groups in total. The zero-order chi connectivity index (χ0) is 19.1. The molecular weight excluding hydrogens is 404 g/mol. The Hall–Kier alpha value is -2.21. The molecule has 6 heteroatoms. The van der Waals surface area contributed by atoms with Gasteiger partial charge in [-0.25, -0.2) is 0 Å². The minimum atomic E-state index is 0.610. The van der Waals surface area contributed by atoms with Crippen LogP contribution in [0.5, 0.6) is 5.75 Å². The van der Waals surface area contributed by atoms with Gasteiger partial charge in [0.2, 0.25) is 0 Å². The zero-order valence-electron chi connectivity index (χ0n) is 15.9. The van der Waals surface area contributed by atoms with Crippen LogP contribution in [0.3, 0.4) is 0 Å². The highest BCUT2D eigenvalue weighted by molar-refractivity contribution is 9.10. The van der Waals surface area contributed by atoms with Gasteiger partial charge in [0.25, 0.3) is 0 Å². The molecule has 1 unspecified atom stereocenters. The third kappa shape index (κ3) is 5.39. The summed E-state index contributed by atoms with van der Waals surface area (Å²) >= 11 is 3.50. The van der Waals surface area contributed by atoms with Crippen molar-refractivity contribution in [2.75, 3.05) is 38.7 Å². The van der Waals surface area contributed by atoms with Crippen LogP contribution < -0.4 is 20.3 Å². The average Bonchev–Trinajstić information content (AvgIpc) is 3.18. The molecule has 27 heavy (non-hydrogen) atoms. The molecule has 1 fully saturated rings. The van der Waals surface area contributed by atoms with Crippen LogP contribution in [-0.4, -0.2) is 39.8 Å². The Balaban J connectivity index is 1.46. The number of nitrogens with one attached hydrogen (secondary N) is 2. The number of ether oxygens (including phenoxy) is 1. The van der Waals surface area contributed by atoms with Crippen molar-refractivity contribution in [3.05, 3.63) is 58.6 Å². The normalized spacial score (nSPS) is 17.1. The van der Waals surface area contributed by atoms with Gasteiger partial charge in [-0.1, -0.05) is 34.1 Å². The maximum Gasteiger partial charge on any atom is 0.191 e. The fraction of sp³-hybridized carbons (Fsp3) is 0.381. The number of aliphatic imine (C=N–C) groups is 1. The van der Waals surface area contributed by atoms with E-state index in [0.29, 0.717) is 12.5 Å². The number of guanidine groups is 1. The molecule has 5 nitrogen and oxygen atoms in total. The highest BCUT2D eigenvalue weighted by atomic mass is 79.9. The van der Waals surface area contributed by atoms with Gasteiger partial charge in [-0.15, -0.1) is 0 Å². The average molecular weight is 431 g/mol. The topological polar surface area (TPSA) is 48.9 Å². The second-order valence-electron chi connectivity index (χ2n) is 6.70. The largest absolute Gasteiger partial charge is 0.496 e. The predicted octanol–water partition coefficient (Wildman–Crippen LogP) is 3.65. The summed E-state index contributed by atoms with van der Waals surface area (Å²) in [7, 11) is 3.50.